The summed E-state index contributed by atoms with van der Waals surface area (Å²) < 4.78 is 6.03. The molecule has 1 aromatic heterocycles. The highest BCUT2D eigenvalue weighted by atomic mass is 16.5. The van der Waals surface area contributed by atoms with Crippen molar-refractivity contribution in [3.05, 3.63) is 29.6 Å². The molecular weight excluding hydrogens is 290 g/mol. The molecular formula is C18H25N3O2. The summed E-state index contributed by atoms with van der Waals surface area (Å²) in [7, 11) is 0. The number of carbonyl (C=O) groups is 1. The zero-order valence-corrected chi connectivity index (χ0v) is 13.8. The van der Waals surface area contributed by atoms with Crippen LogP contribution >= 0.6 is 0 Å². The van der Waals surface area contributed by atoms with Crippen molar-refractivity contribution >= 4 is 5.91 Å². The van der Waals surface area contributed by atoms with Crippen LogP contribution in [0.3, 0.4) is 0 Å². The van der Waals surface area contributed by atoms with E-state index in [4.69, 9.17) is 4.74 Å². The van der Waals surface area contributed by atoms with Gasteiger partial charge < -0.3 is 9.64 Å². The molecule has 3 saturated heterocycles. The number of amides is 1. The zero-order chi connectivity index (χ0) is 15.8. The van der Waals surface area contributed by atoms with E-state index in [1.807, 2.05) is 17.9 Å². The molecule has 3 fully saturated rings. The third kappa shape index (κ3) is 3.12. The third-order valence-corrected chi connectivity index (χ3v) is 5.47. The van der Waals surface area contributed by atoms with Gasteiger partial charge in [-0.2, -0.15) is 0 Å². The Balaban J connectivity index is 1.36. The normalized spacial score (nSPS) is 31.1. The van der Waals surface area contributed by atoms with E-state index in [-0.39, 0.29) is 0 Å². The van der Waals surface area contributed by atoms with E-state index < -0.39 is 0 Å². The molecule has 3 aliphatic heterocycles. The summed E-state index contributed by atoms with van der Waals surface area (Å²) in [5, 5.41) is 0. The topological polar surface area (TPSA) is 45.7 Å². The lowest BCUT2D eigenvalue weighted by Gasteiger charge is -2.24. The van der Waals surface area contributed by atoms with Gasteiger partial charge in [-0.05, 0) is 25.5 Å². The summed E-state index contributed by atoms with van der Waals surface area (Å²) in [6.45, 7) is 7.62. The van der Waals surface area contributed by atoms with Crippen molar-refractivity contribution in [1.29, 1.82) is 0 Å². The highest BCUT2D eigenvalue weighted by Crippen LogP contribution is 2.35. The monoisotopic (exact) mass is 315 g/mol. The van der Waals surface area contributed by atoms with Crippen molar-refractivity contribution in [3.63, 3.8) is 0 Å². The first-order chi connectivity index (χ1) is 11.2. The average molecular weight is 315 g/mol. The molecule has 0 N–H and O–H groups in total. The highest BCUT2D eigenvalue weighted by Gasteiger charge is 2.44. The molecule has 0 spiro atoms. The molecule has 23 heavy (non-hydrogen) atoms. The Morgan fingerprint density at radius 1 is 1.35 bits per heavy atom. The minimum absolute atomic E-state index is 0.326. The Kier molecular flexibility index (Phi) is 4.07. The molecule has 0 saturated carbocycles. The van der Waals surface area contributed by atoms with Crippen LogP contribution in [0.1, 0.15) is 24.2 Å². The van der Waals surface area contributed by atoms with Gasteiger partial charge in [-0.1, -0.05) is 6.07 Å². The predicted molar refractivity (Wildman–Crippen MR) is 86.8 cm³/mol. The SMILES string of the molecule is Cc1cccc(CN2C[C@H]3[C@H](CN4CCCC4=O)CO[C@H]3C2)n1. The fraction of sp³-hybridized carbons (Fsp3) is 0.667. The summed E-state index contributed by atoms with van der Waals surface area (Å²) >= 11 is 0. The van der Waals surface area contributed by atoms with Gasteiger partial charge in [0.15, 0.2) is 0 Å². The predicted octanol–water partition coefficient (Wildman–Crippen LogP) is 1.46. The lowest BCUT2D eigenvalue weighted by atomic mass is 9.93. The van der Waals surface area contributed by atoms with Crippen LogP contribution in [0.5, 0.6) is 0 Å². The molecule has 1 amide bonds. The molecule has 0 bridgehead atoms. The second-order valence-corrected chi connectivity index (χ2v) is 7.20. The van der Waals surface area contributed by atoms with E-state index in [0.717, 1.165) is 63.6 Å². The molecule has 0 unspecified atom stereocenters. The van der Waals surface area contributed by atoms with Crippen molar-refractivity contribution in [2.75, 3.05) is 32.8 Å². The fourth-order valence-electron chi connectivity index (χ4n) is 4.29. The quantitative estimate of drug-likeness (QED) is 0.844. The summed E-state index contributed by atoms with van der Waals surface area (Å²) in [5.74, 6) is 1.39. The lowest BCUT2D eigenvalue weighted by Crippen LogP contribution is -2.35. The minimum atomic E-state index is 0.326. The van der Waals surface area contributed by atoms with E-state index in [9.17, 15) is 4.79 Å². The Morgan fingerprint density at radius 2 is 2.26 bits per heavy atom. The highest BCUT2D eigenvalue weighted by molar-refractivity contribution is 5.78. The summed E-state index contributed by atoms with van der Waals surface area (Å²) in [6.07, 6.45) is 2.08. The van der Waals surface area contributed by atoms with Crippen LogP contribution in [-0.4, -0.2) is 59.6 Å². The first kappa shape index (κ1) is 15.1. The first-order valence-electron chi connectivity index (χ1n) is 8.73. The van der Waals surface area contributed by atoms with Crippen LogP contribution in [0, 0.1) is 18.8 Å². The van der Waals surface area contributed by atoms with E-state index in [1.165, 1.54) is 0 Å². The summed E-state index contributed by atoms with van der Waals surface area (Å²) in [5.41, 5.74) is 2.21. The van der Waals surface area contributed by atoms with Gasteiger partial charge >= 0.3 is 0 Å². The van der Waals surface area contributed by atoms with Gasteiger partial charge in [0.25, 0.3) is 0 Å². The van der Waals surface area contributed by atoms with Crippen LogP contribution in [0.25, 0.3) is 0 Å². The van der Waals surface area contributed by atoms with Gasteiger partial charge in [0.2, 0.25) is 5.91 Å². The Morgan fingerprint density at radius 3 is 3.04 bits per heavy atom. The van der Waals surface area contributed by atoms with Crippen LogP contribution in [0.2, 0.25) is 0 Å². The largest absolute Gasteiger partial charge is 0.376 e. The molecule has 1 aromatic rings. The van der Waals surface area contributed by atoms with E-state index in [0.29, 0.717) is 23.8 Å². The Labute approximate surface area is 137 Å². The third-order valence-electron chi connectivity index (χ3n) is 5.47. The maximum absolute atomic E-state index is 11.9. The second kappa shape index (κ2) is 6.21. The minimum Gasteiger partial charge on any atom is -0.376 e. The number of aryl methyl sites for hydroxylation is 1. The number of nitrogens with zero attached hydrogens (tertiary/aromatic N) is 3. The maximum Gasteiger partial charge on any atom is 0.222 e. The molecule has 4 rings (SSSR count). The molecule has 124 valence electrons. The molecule has 4 heterocycles. The number of ether oxygens (including phenoxy) is 1. The van der Waals surface area contributed by atoms with Gasteiger partial charge in [0, 0.05) is 56.7 Å². The molecule has 0 aliphatic carbocycles. The van der Waals surface area contributed by atoms with Gasteiger partial charge in [-0.3, -0.25) is 14.7 Å². The van der Waals surface area contributed by atoms with Crippen molar-refractivity contribution in [3.8, 4) is 0 Å². The maximum atomic E-state index is 11.9. The van der Waals surface area contributed by atoms with Crippen molar-refractivity contribution in [2.24, 2.45) is 11.8 Å². The molecule has 0 aromatic carbocycles. The molecule has 3 aliphatic rings. The Hall–Kier alpha value is -1.46. The summed E-state index contributed by atoms with van der Waals surface area (Å²) in [6, 6.07) is 6.21. The number of pyridine rings is 1. The van der Waals surface area contributed by atoms with E-state index in [2.05, 4.69) is 22.0 Å². The van der Waals surface area contributed by atoms with Gasteiger partial charge in [0.1, 0.15) is 0 Å². The van der Waals surface area contributed by atoms with Crippen molar-refractivity contribution in [1.82, 2.24) is 14.8 Å². The smallest absolute Gasteiger partial charge is 0.222 e. The molecule has 5 heteroatoms. The first-order valence-corrected chi connectivity index (χ1v) is 8.73. The van der Waals surface area contributed by atoms with Gasteiger partial charge in [-0.25, -0.2) is 0 Å². The van der Waals surface area contributed by atoms with Crippen LogP contribution in [0.15, 0.2) is 18.2 Å². The zero-order valence-electron chi connectivity index (χ0n) is 13.8. The number of hydrogen-bond acceptors (Lipinski definition) is 4. The number of carbonyl (C=O) groups excluding carboxylic acids is 1. The standard InChI is InChI=1S/C18H25N3O2/c1-13-4-2-5-15(19-13)9-20-10-16-14(12-23-17(16)11-20)8-21-7-3-6-18(21)22/h2,4-5,14,16-17H,3,6-12H2,1H3/t14-,16+,17+/m1/s1. The second-order valence-electron chi connectivity index (χ2n) is 7.20. The number of fused-ring (bicyclic) bond motifs is 1. The van der Waals surface area contributed by atoms with E-state index >= 15 is 0 Å². The van der Waals surface area contributed by atoms with Crippen molar-refractivity contribution < 1.29 is 9.53 Å². The molecule has 5 nitrogen and oxygen atoms in total. The number of rotatable bonds is 4. The van der Waals surface area contributed by atoms with Crippen molar-refractivity contribution in [2.45, 2.75) is 32.4 Å². The van der Waals surface area contributed by atoms with Crippen LogP contribution in [-0.2, 0) is 16.1 Å². The average Bonchev–Trinajstić information content (AvgIpc) is 3.18. The number of hydrogen-bond donors (Lipinski definition) is 0. The number of likely N-dealkylation sites (tertiary alicyclic amines) is 2. The summed E-state index contributed by atoms with van der Waals surface area (Å²) in [4.78, 5) is 21.0. The molecule has 3 atom stereocenters. The lowest BCUT2D eigenvalue weighted by molar-refractivity contribution is -0.128. The van der Waals surface area contributed by atoms with Gasteiger partial charge in [0.05, 0.1) is 18.4 Å². The van der Waals surface area contributed by atoms with Crippen LogP contribution in [0.4, 0.5) is 0 Å². The molecule has 0 radical (unpaired) electrons. The fourth-order valence-corrected chi connectivity index (χ4v) is 4.29. The van der Waals surface area contributed by atoms with E-state index in [1.54, 1.807) is 0 Å². The Bertz CT molecular complexity index is 591. The number of aromatic nitrogens is 1. The van der Waals surface area contributed by atoms with Gasteiger partial charge in [-0.15, -0.1) is 0 Å². The van der Waals surface area contributed by atoms with Crippen LogP contribution < -0.4 is 0 Å².